The Morgan fingerprint density at radius 2 is 2.00 bits per heavy atom. The van der Waals surface area contributed by atoms with E-state index in [0.29, 0.717) is 33.8 Å². The van der Waals surface area contributed by atoms with Crippen molar-refractivity contribution in [3.63, 3.8) is 0 Å². The zero-order chi connectivity index (χ0) is 15.7. The van der Waals surface area contributed by atoms with E-state index in [1.165, 1.54) is 6.07 Å². The zero-order valence-electron chi connectivity index (χ0n) is 11.2. The largest absolute Gasteiger partial charge is 0.480 e. The van der Waals surface area contributed by atoms with Gasteiger partial charge in [0.2, 0.25) is 0 Å². The summed E-state index contributed by atoms with van der Waals surface area (Å²) in [5.41, 5.74) is 1.23. The quantitative estimate of drug-likeness (QED) is 0.488. The molecule has 1 aliphatic heterocycles. The zero-order valence-corrected chi connectivity index (χ0v) is 12.0. The predicted octanol–water partition coefficient (Wildman–Crippen LogP) is 3.96. The van der Waals surface area contributed by atoms with E-state index in [0.717, 1.165) is 0 Å². The van der Waals surface area contributed by atoms with Crippen molar-refractivity contribution in [2.45, 2.75) is 6.10 Å². The monoisotopic (exact) mass is 315 g/mol. The lowest BCUT2D eigenvalue weighted by Gasteiger charge is -2.25. The number of nitro groups is 1. The summed E-state index contributed by atoms with van der Waals surface area (Å²) in [6, 6.07) is 11.2. The Bertz CT molecular complexity index is 800. The number of carbonyl (C=O) groups excluding carboxylic acids is 1. The maximum Gasteiger partial charge on any atom is 0.276 e. The SMILES string of the molecule is O=CC1=Cc2cc(Cl)ccc2O[C@@H]1c1ccccc1[N+](=O)[O-]. The summed E-state index contributed by atoms with van der Waals surface area (Å²) >= 11 is 5.93. The molecule has 0 radical (unpaired) electrons. The van der Waals surface area contributed by atoms with E-state index in [2.05, 4.69) is 0 Å². The van der Waals surface area contributed by atoms with Crippen LogP contribution in [0.2, 0.25) is 5.02 Å². The Balaban J connectivity index is 2.12. The van der Waals surface area contributed by atoms with E-state index in [4.69, 9.17) is 16.3 Å². The fourth-order valence-corrected chi connectivity index (χ4v) is 2.58. The van der Waals surface area contributed by atoms with Crippen LogP contribution in [0.3, 0.4) is 0 Å². The number of benzene rings is 2. The lowest BCUT2D eigenvalue weighted by molar-refractivity contribution is -0.386. The van der Waals surface area contributed by atoms with Gasteiger partial charge in [-0.3, -0.25) is 14.9 Å². The highest BCUT2D eigenvalue weighted by Gasteiger charge is 2.29. The van der Waals surface area contributed by atoms with Crippen LogP contribution in [-0.2, 0) is 4.79 Å². The van der Waals surface area contributed by atoms with Crippen LogP contribution in [0.1, 0.15) is 17.2 Å². The van der Waals surface area contributed by atoms with Gasteiger partial charge in [0.05, 0.1) is 10.5 Å². The van der Waals surface area contributed by atoms with Crippen molar-refractivity contribution < 1.29 is 14.5 Å². The molecule has 0 bridgehead atoms. The highest BCUT2D eigenvalue weighted by molar-refractivity contribution is 6.30. The Kier molecular flexibility index (Phi) is 3.65. The Hall–Kier alpha value is -2.66. The molecule has 0 fully saturated rings. The first-order valence-corrected chi connectivity index (χ1v) is 6.84. The first-order chi connectivity index (χ1) is 10.6. The van der Waals surface area contributed by atoms with Crippen molar-refractivity contribution >= 4 is 29.7 Å². The van der Waals surface area contributed by atoms with E-state index in [1.54, 1.807) is 42.5 Å². The maximum atomic E-state index is 11.4. The van der Waals surface area contributed by atoms with Crippen LogP contribution in [-0.4, -0.2) is 11.2 Å². The molecule has 0 amide bonds. The maximum absolute atomic E-state index is 11.4. The number of hydrogen-bond acceptors (Lipinski definition) is 4. The summed E-state index contributed by atoms with van der Waals surface area (Å²) in [5.74, 6) is 0.526. The van der Waals surface area contributed by atoms with E-state index < -0.39 is 11.0 Å². The molecule has 22 heavy (non-hydrogen) atoms. The topological polar surface area (TPSA) is 69.4 Å². The third-order valence-corrected chi connectivity index (χ3v) is 3.63. The molecule has 5 nitrogen and oxygen atoms in total. The lowest BCUT2D eigenvalue weighted by Crippen LogP contribution is -2.17. The van der Waals surface area contributed by atoms with Gasteiger partial charge < -0.3 is 4.74 Å². The average Bonchev–Trinajstić information content (AvgIpc) is 2.53. The smallest absolute Gasteiger partial charge is 0.276 e. The molecule has 0 aliphatic carbocycles. The third kappa shape index (κ3) is 2.46. The number of para-hydroxylation sites is 1. The van der Waals surface area contributed by atoms with Gasteiger partial charge in [-0.1, -0.05) is 23.7 Å². The number of hydrogen-bond donors (Lipinski definition) is 0. The highest BCUT2D eigenvalue weighted by atomic mass is 35.5. The second-order valence-corrected chi connectivity index (χ2v) is 5.19. The molecule has 6 heteroatoms. The number of fused-ring (bicyclic) bond motifs is 1. The molecule has 0 saturated carbocycles. The van der Waals surface area contributed by atoms with Gasteiger partial charge >= 0.3 is 0 Å². The summed E-state index contributed by atoms with van der Waals surface area (Å²) in [5, 5.41) is 11.7. The lowest BCUT2D eigenvalue weighted by atomic mass is 9.96. The van der Waals surface area contributed by atoms with Crippen LogP contribution in [0, 0.1) is 10.1 Å². The summed E-state index contributed by atoms with van der Waals surface area (Å²) in [7, 11) is 0. The van der Waals surface area contributed by atoms with Crippen LogP contribution < -0.4 is 4.74 Å². The van der Waals surface area contributed by atoms with Crippen molar-refractivity contribution in [1.82, 2.24) is 0 Å². The van der Waals surface area contributed by atoms with Gasteiger partial charge in [-0.2, -0.15) is 0 Å². The molecule has 110 valence electrons. The van der Waals surface area contributed by atoms with Gasteiger partial charge in [0.25, 0.3) is 5.69 Å². The number of rotatable bonds is 3. The summed E-state index contributed by atoms with van der Waals surface area (Å²) in [4.78, 5) is 22.1. The molecular weight excluding hydrogens is 306 g/mol. The van der Waals surface area contributed by atoms with E-state index >= 15 is 0 Å². The molecule has 0 aromatic heterocycles. The van der Waals surface area contributed by atoms with E-state index in [1.807, 2.05) is 0 Å². The molecule has 0 saturated heterocycles. The molecule has 0 N–H and O–H groups in total. The molecule has 2 aromatic rings. The van der Waals surface area contributed by atoms with Crippen LogP contribution in [0.25, 0.3) is 6.08 Å². The summed E-state index contributed by atoms with van der Waals surface area (Å²) in [6.45, 7) is 0. The Morgan fingerprint density at radius 1 is 1.23 bits per heavy atom. The molecule has 3 rings (SSSR count). The molecule has 1 heterocycles. The third-order valence-electron chi connectivity index (χ3n) is 3.39. The van der Waals surface area contributed by atoms with Gasteiger partial charge in [0, 0.05) is 22.2 Å². The molecule has 0 unspecified atom stereocenters. The van der Waals surface area contributed by atoms with Crippen molar-refractivity contribution in [1.29, 1.82) is 0 Å². The van der Waals surface area contributed by atoms with E-state index in [9.17, 15) is 14.9 Å². The normalized spacial score (nSPS) is 16.2. The predicted molar refractivity (Wildman–Crippen MR) is 82.0 cm³/mol. The Morgan fingerprint density at radius 3 is 2.73 bits per heavy atom. The van der Waals surface area contributed by atoms with Crippen molar-refractivity contribution in [3.05, 3.63) is 74.3 Å². The summed E-state index contributed by atoms with van der Waals surface area (Å²) in [6.07, 6.45) is 1.47. The van der Waals surface area contributed by atoms with Crippen LogP contribution in [0.15, 0.2) is 48.0 Å². The van der Waals surface area contributed by atoms with Gasteiger partial charge in [0.1, 0.15) is 12.0 Å². The standard InChI is InChI=1S/C16H10ClNO4/c17-12-5-6-15-10(8-12)7-11(9-19)16(22-15)13-3-1-2-4-14(13)18(20)21/h1-9,16H/t16-/m0/s1. The highest BCUT2D eigenvalue weighted by Crippen LogP contribution is 2.40. The van der Waals surface area contributed by atoms with Crippen molar-refractivity contribution in [3.8, 4) is 5.75 Å². The fourth-order valence-electron chi connectivity index (χ4n) is 2.40. The van der Waals surface area contributed by atoms with Crippen LogP contribution in [0.4, 0.5) is 5.69 Å². The summed E-state index contributed by atoms with van der Waals surface area (Å²) < 4.78 is 5.80. The molecule has 1 atom stereocenters. The fraction of sp³-hybridized carbons (Fsp3) is 0.0625. The second-order valence-electron chi connectivity index (χ2n) is 4.76. The number of halogens is 1. The number of nitro benzene ring substituents is 1. The van der Waals surface area contributed by atoms with Gasteiger partial charge in [-0.15, -0.1) is 0 Å². The molecule has 2 aromatic carbocycles. The first-order valence-electron chi connectivity index (χ1n) is 6.46. The number of ether oxygens (including phenoxy) is 1. The average molecular weight is 316 g/mol. The Labute approximate surface area is 130 Å². The minimum Gasteiger partial charge on any atom is -0.480 e. The molecular formula is C16H10ClNO4. The van der Waals surface area contributed by atoms with Gasteiger partial charge in [-0.05, 0) is 30.3 Å². The van der Waals surface area contributed by atoms with Gasteiger partial charge in [0.15, 0.2) is 6.10 Å². The van der Waals surface area contributed by atoms with E-state index in [-0.39, 0.29) is 5.69 Å². The van der Waals surface area contributed by atoms with Gasteiger partial charge in [-0.25, -0.2) is 0 Å². The number of nitrogens with zero attached hydrogens (tertiary/aromatic N) is 1. The number of carbonyl (C=O) groups is 1. The number of aldehydes is 1. The first kappa shape index (κ1) is 14.3. The van der Waals surface area contributed by atoms with Crippen molar-refractivity contribution in [2.24, 2.45) is 0 Å². The minimum atomic E-state index is -0.812. The van der Waals surface area contributed by atoms with Crippen LogP contribution in [0.5, 0.6) is 5.75 Å². The minimum absolute atomic E-state index is 0.0855. The molecule has 1 aliphatic rings. The van der Waals surface area contributed by atoms with Crippen LogP contribution >= 0.6 is 11.6 Å². The second kappa shape index (κ2) is 5.61. The molecule has 0 spiro atoms. The van der Waals surface area contributed by atoms with Crippen molar-refractivity contribution in [2.75, 3.05) is 0 Å².